The quantitative estimate of drug-likeness (QED) is 0.434. The molecule has 2 aromatic rings. The number of nitrogens with zero attached hydrogens (tertiary/aromatic N) is 3. The van der Waals surface area contributed by atoms with Gasteiger partial charge in [0.15, 0.2) is 0 Å². The lowest BCUT2D eigenvalue weighted by atomic mass is 10.3. The van der Waals surface area contributed by atoms with Crippen molar-refractivity contribution in [1.82, 2.24) is 20.2 Å². The van der Waals surface area contributed by atoms with E-state index >= 15 is 0 Å². The summed E-state index contributed by atoms with van der Waals surface area (Å²) in [6, 6.07) is 7.37. The van der Waals surface area contributed by atoms with E-state index in [1.54, 1.807) is 6.20 Å². The second-order valence-electron chi connectivity index (χ2n) is 6.98. The third kappa shape index (κ3) is 6.58. The van der Waals surface area contributed by atoms with Crippen molar-refractivity contribution < 1.29 is 9.59 Å². The number of halogens is 1. The summed E-state index contributed by atoms with van der Waals surface area (Å²) in [6.07, 6.45) is 4.56. The number of urea groups is 1. The predicted molar refractivity (Wildman–Crippen MR) is 121 cm³/mol. The van der Waals surface area contributed by atoms with E-state index in [-0.39, 0.29) is 11.9 Å². The maximum absolute atomic E-state index is 12.3. The summed E-state index contributed by atoms with van der Waals surface area (Å²) in [6.45, 7) is 4.37. The number of carbonyl (C=O) groups excluding carboxylic acids is 2. The summed E-state index contributed by atoms with van der Waals surface area (Å²) in [5.74, 6) is 1.06. The van der Waals surface area contributed by atoms with Gasteiger partial charge in [0.1, 0.15) is 5.82 Å². The number of aromatic nitrogens is 2. The van der Waals surface area contributed by atoms with Crippen molar-refractivity contribution in [2.24, 2.45) is 0 Å². The molecule has 2 heterocycles. The van der Waals surface area contributed by atoms with Crippen molar-refractivity contribution in [2.45, 2.75) is 26.2 Å². The second kappa shape index (κ2) is 10.8. The highest BCUT2D eigenvalue weighted by atomic mass is 79.9. The number of amides is 3. The Bertz CT molecular complexity index is 887. The van der Waals surface area contributed by atoms with Crippen LogP contribution in [0.25, 0.3) is 0 Å². The zero-order valence-corrected chi connectivity index (χ0v) is 18.5. The fraction of sp³-hybridized carbons (Fsp3) is 0.400. The van der Waals surface area contributed by atoms with Crippen LogP contribution in [0.1, 0.15) is 26.2 Å². The monoisotopic (exact) mass is 475 g/mol. The average molecular weight is 476 g/mol. The molecule has 0 saturated carbocycles. The minimum Gasteiger partial charge on any atom is -0.369 e. The highest BCUT2D eigenvalue weighted by molar-refractivity contribution is 9.10. The van der Waals surface area contributed by atoms with E-state index < -0.39 is 0 Å². The molecule has 3 amide bonds. The molecule has 3 rings (SSSR count). The zero-order chi connectivity index (χ0) is 21.3. The van der Waals surface area contributed by atoms with Gasteiger partial charge >= 0.3 is 6.03 Å². The van der Waals surface area contributed by atoms with Crippen LogP contribution < -0.4 is 21.3 Å². The Morgan fingerprint density at radius 3 is 2.70 bits per heavy atom. The van der Waals surface area contributed by atoms with Gasteiger partial charge in [0.05, 0.1) is 4.47 Å². The van der Waals surface area contributed by atoms with Crippen LogP contribution in [0.3, 0.4) is 0 Å². The number of benzene rings is 1. The van der Waals surface area contributed by atoms with E-state index in [1.807, 2.05) is 29.2 Å². The Kier molecular flexibility index (Phi) is 7.83. The van der Waals surface area contributed by atoms with Gasteiger partial charge in [-0.15, -0.1) is 0 Å². The Hall–Kier alpha value is -2.88. The second-order valence-corrected chi connectivity index (χ2v) is 7.84. The molecule has 1 saturated heterocycles. The number of anilines is 4. The van der Waals surface area contributed by atoms with Crippen LogP contribution >= 0.6 is 15.9 Å². The molecule has 9 nitrogen and oxygen atoms in total. The zero-order valence-electron chi connectivity index (χ0n) is 16.9. The minimum absolute atomic E-state index is 0.0384. The normalized spacial score (nSPS) is 13.1. The van der Waals surface area contributed by atoms with Crippen molar-refractivity contribution in [3.63, 3.8) is 0 Å². The van der Waals surface area contributed by atoms with E-state index in [2.05, 4.69) is 47.2 Å². The topological polar surface area (TPSA) is 111 Å². The number of rotatable bonds is 8. The molecular formula is C20H26BrN7O2. The molecule has 0 atom stereocenters. The molecule has 0 radical (unpaired) electrons. The lowest BCUT2D eigenvalue weighted by Crippen LogP contribution is -2.32. The number of carbonyl (C=O) groups is 2. The van der Waals surface area contributed by atoms with Gasteiger partial charge < -0.3 is 26.2 Å². The SMILES string of the molecule is CC(=O)NCCCNc1nc(Nc2cccc(NC(=O)N3CCCC3)c2)ncc1Br. The summed E-state index contributed by atoms with van der Waals surface area (Å²) in [5.41, 5.74) is 1.48. The van der Waals surface area contributed by atoms with Gasteiger partial charge in [0, 0.05) is 50.7 Å². The molecule has 0 aliphatic carbocycles. The molecule has 1 aliphatic rings. The first-order valence-electron chi connectivity index (χ1n) is 9.95. The fourth-order valence-electron chi connectivity index (χ4n) is 3.04. The van der Waals surface area contributed by atoms with E-state index in [1.165, 1.54) is 6.92 Å². The molecular weight excluding hydrogens is 450 g/mol. The number of likely N-dealkylation sites (tertiary alicyclic amines) is 1. The van der Waals surface area contributed by atoms with Gasteiger partial charge in [0.2, 0.25) is 11.9 Å². The summed E-state index contributed by atoms with van der Waals surface area (Å²) < 4.78 is 0.749. The van der Waals surface area contributed by atoms with Crippen LogP contribution in [-0.4, -0.2) is 53.0 Å². The standard InChI is InChI=1S/C20H26BrN7O2/c1-14(29)22-8-5-9-23-18-17(21)13-24-19(27-18)25-15-6-4-7-16(12-15)26-20(30)28-10-2-3-11-28/h4,6-7,12-13H,2-3,5,8-11H2,1H3,(H,22,29)(H,26,30)(H2,23,24,25,27). The van der Waals surface area contributed by atoms with Gasteiger partial charge in [-0.25, -0.2) is 9.78 Å². The average Bonchev–Trinajstić information content (AvgIpc) is 3.25. The van der Waals surface area contributed by atoms with Crippen LogP contribution in [0.15, 0.2) is 34.9 Å². The van der Waals surface area contributed by atoms with Crippen LogP contribution in [0.4, 0.5) is 27.9 Å². The Labute approximate surface area is 184 Å². The predicted octanol–water partition coefficient (Wildman–Crippen LogP) is 3.55. The first-order chi connectivity index (χ1) is 14.5. The summed E-state index contributed by atoms with van der Waals surface area (Å²) in [4.78, 5) is 33.8. The maximum Gasteiger partial charge on any atom is 0.321 e. The molecule has 1 fully saturated rings. The van der Waals surface area contributed by atoms with Gasteiger partial charge in [0.25, 0.3) is 0 Å². The molecule has 4 N–H and O–H groups in total. The molecule has 10 heteroatoms. The maximum atomic E-state index is 12.3. The van der Waals surface area contributed by atoms with E-state index in [4.69, 9.17) is 0 Å². The largest absolute Gasteiger partial charge is 0.369 e. The molecule has 160 valence electrons. The highest BCUT2D eigenvalue weighted by Crippen LogP contribution is 2.23. The van der Waals surface area contributed by atoms with E-state index in [9.17, 15) is 9.59 Å². The molecule has 0 unspecified atom stereocenters. The van der Waals surface area contributed by atoms with Crippen LogP contribution in [-0.2, 0) is 4.79 Å². The van der Waals surface area contributed by atoms with Crippen LogP contribution in [0.5, 0.6) is 0 Å². The van der Waals surface area contributed by atoms with Crippen molar-refractivity contribution in [3.05, 3.63) is 34.9 Å². The van der Waals surface area contributed by atoms with E-state index in [0.29, 0.717) is 30.5 Å². The number of hydrogen-bond acceptors (Lipinski definition) is 6. The van der Waals surface area contributed by atoms with Crippen molar-refractivity contribution in [2.75, 3.05) is 42.1 Å². The summed E-state index contributed by atoms with van der Waals surface area (Å²) >= 11 is 3.44. The summed E-state index contributed by atoms with van der Waals surface area (Å²) in [5, 5.41) is 12.1. The van der Waals surface area contributed by atoms with Crippen molar-refractivity contribution in [3.8, 4) is 0 Å². The van der Waals surface area contributed by atoms with Crippen LogP contribution in [0, 0.1) is 0 Å². The Morgan fingerprint density at radius 1 is 1.17 bits per heavy atom. The fourth-order valence-corrected chi connectivity index (χ4v) is 3.37. The highest BCUT2D eigenvalue weighted by Gasteiger charge is 2.17. The molecule has 0 spiro atoms. The first kappa shape index (κ1) is 21.8. The number of nitrogens with one attached hydrogen (secondary N) is 4. The lowest BCUT2D eigenvalue weighted by molar-refractivity contribution is -0.118. The molecule has 1 aliphatic heterocycles. The smallest absolute Gasteiger partial charge is 0.321 e. The van der Waals surface area contributed by atoms with Crippen molar-refractivity contribution in [1.29, 1.82) is 0 Å². The number of hydrogen-bond donors (Lipinski definition) is 4. The molecule has 1 aromatic heterocycles. The molecule has 0 bridgehead atoms. The third-order valence-electron chi connectivity index (χ3n) is 4.53. The van der Waals surface area contributed by atoms with Crippen molar-refractivity contribution >= 4 is 51.0 Å². The molecule has 1 aromatic carbocycles. The van der Waals surface area contributed by atoms with Gasteiger partial charge in [-0.05, 0) is 53.4 Å². The Morgan fingerprint density at radius 2 is 1.93 bits per heavy atom. The van der Waals surface area contributed by atoms with Gasteiger partial charge in [-0.1, -0.05) is 6.07 Å². The van der Waals surface area contributed by atoms with E-state index in [0.717, 1.165) is 42.5 Å². The first-order valence-corrected chi connectivity index (χ1v) is 10.7. The third-order valence-corrected chi connectivity index (χ3v) is 5.11. The van der Waals surface area contributed by atoms with Crippen LogP contribution in [0.2, 0.25) is 0 Å². The molecule has 30 heavy (non-hydrogen) atoms. The summed E-state index contributed by atoms with van der Waals surface area (Å²) in [7, 11) is 0. The minimum atomic E-state index is -0.0738. The Balaban J connectivity index is 1.57. The van der Waals surface area contributed by atoms with Gasteiger partial charge in [-0.3, -0.25) is 4.79 Å². The van der Waals surface area contributed by atoms with Gasteiger partial charge in [-0.2, -0.15) is 4.98 Å². The lowest BCUT2D eigenvalue weighted by Gasteiger charge is -2.16.